The third-order valence-corrected chi connectivity index (χ3v) is 3.91. The third-order valence-electron chi connectivity index (χ3n) is 3.47. The molecular weight excluding hydrogens is 281 g/mol. The van der Waals surface area contributed by atoms with Crippen LogP contribution in [-0.4, -0.2) is 30.3 Å². The number of hydrogen-bond acceptors (Lipinski definition) is 2. The Kier molecular flexibility index (Phi) is 4.78. The molecule has 2 nitrogen and oxygen atoms in total. The molecule has 0 bridgehead atoms. The van der Waals surface area contributed by atoms with Crippen molar-refractivity contribution in [2.75, 3.05) is 19.9 Å². The second kappa shape index (κ2) is 6.01. The highest BCUT2D eigenvalue weighted by Gasteiger charge is 2.28. The maximum Gasteiger partial charge on any atom is 0.0994 e. The van der Waals surface area contributed by atoms with Gasteiger partial charge in [-0.15, -0.1) is 0 Å². The van der Waals surface area contributed by atoms with E-state index in [1.807, 2.05) is 12.1 Å². The summed E-state index contributed by atoms with van der Waals surface area (Å²) in [6.45, 7) is 9.22. The van der Waals surface area contributed by atoms with Crippen LogP contribution >= 0.6 is 23.2 Å². The summed E-state index contributed by atoms with van der Waals surface area (Å²) in [5.41, 5.74) is 1.33. The van der Waals surface area contributed by atoms with Gasteiger partial charge in [0.15, 0.2) is 0 Å². The molecule has 0 amide bonds. The van der Waals surface area contributed by atoms with Crippen molar-refractivity contribution >= 4 is 23.2 Å². The summed E-state index contributed by atoms with van der Waals surface area (Å²) >= 11 is 12.1. The van der Waals surface area contributed by atoms with Crippen LogP contribution in [0.5, 0.6) is 0 Å². The van der Waals surface area contributed by atoms with E-state index in [0.29, 0.717) is 16.0 Å². The van der Waals surface area contributed by atoms with Crippen LogP contribution in [0, 0.1) is 5.92 Å². The first-order valence-electron chi connectivity index (χ1n) is 6.62. The van der Waals surface area contributed by atoms with Gasteiger partial charge in [0.05, 0.1) is 13.3 Å². The molecule has 1 heterocycles. The summed E-state index contributed by atoms with van der Waals surface area (Å²) in [6, 6.07) is 5.75. The van der Waals surface area contributed by atoms with Crippen LogP contribution in [0.4, 0.5) is 0 Å². The van der Waals surface area contributed by atoms with Gasteiger partial charge in [0.25, 0.3) is 0 Å². The molecule has 106 valence electrons. The molecule has 0 unspecified atom stereocenters. The molecule has 1 aliphatic rings. The second-order valence-corrected chi connectivity index (χ2v) is 7.11. The average molecular weight is 302 g/mol. The summed E-state index contributed by atoms with van der Waals surface area (Å²) < 4.78 is 5.71. The van der Waals surface area contributed by atoms with E-state index < -0.39 is 0 Å². The molecule has 0 N–H and O–H groups in total. The van der Waals surface area contributed by atoms with Gasteiger partial charge in [0.2, 0.25) is 0 Å². The van der Waals surface area contributed by atoms with Gasteiger partial charge in [-0.2, -0.15) is 0 Å². The van der Waals surface area contributed by atoms with E-state index in [1.165, 1.54) is 5.56 Å². The molecule has 1 aromatic rings. The zero-order chi connectivity index (χ0) is 14.0. The highest BCUT2D eigenvalue weighted by atomic mass is 35.5. The standard InChI is InChI=1S/C15H21Cl2NO/c1-15(2,3)18-8-12(9-19-10-18)4-11-5-13(16)7-14(17)6-11/h5-7,12H,4,8-10H2,1-3H3/t12-/m1/s1. The number of benzene rings is 1. The van der Waals surface area contributed by atoms with Crippen molar-refractivity contribution < 1.29 is 4.74 Å². The first-order chi connectivity index (χ1) is 8.84. The minimum absolute atomic E-state index is 0.143. The molecule has 0 aromatic heterocycles. The molecule has 0 radical (unpaired) electrons. The Morgan fingerprint density at radius 1 is 1.21 bits per heavy atom. The lowest BCUT2D eigenvalue weighted by Crippen LogP contribution is -2.49. The van der Waals surface area contributed by atoms with E-state index in [0.717, 1.165) is 26.3 Å². The van der Waals surface area contributed by atoms with Gasteiger partial charge in [0.1, 0.15) is 0 Å². The van der Waals surface area contributed by atoms with E-state index in [-0.39, 0.29) is 5.54 Å². The molecule has 0 aliphatic carbocycles. The summed E-state index contributed by atoms with van der Waals surface area (Å²) in [6.07, 6.45) is 0.951. The lowest BCUT2D eigenvalue weighted by Gasteiger charge is -2.41. The maximum absolute atomic E-state index is 6.04. The number of rotatable bonds is 2. The fourth-order valence-corrected chi connectivity index (χ4v) is 2.97. The Balaban J connectivity index is 2.02. The van der Waals surface area contributed by atoms with Gasteiger partial charge < -0.3 is 4.74 Å². The lowest BCUT2D eigenvalue weighted by atomic mass is 9.96. The number of nitrogens with zero attached hydrogens (tertiary/aromatic N) is 1. The van der Waals surface area contributed by atoms with E-state index >= 15 is 0 Å². The van der Waals surface area contributed by atoms with Crippen LogP contribution in [0.1, 0.15) is 26.3 Å². The van der Waals surface area contributed by atoms with Crippen LogP contribution in [-0.2, 0) is 11.2 Å². The van der Waals surface area contributed by atoms with Crippen molar-refractivity contribution in [2.24, 2.45) is 5.92 Å². The first kappa shape index (κ1) is 15.1. The predicted octanol–water partition coefficient (Wildman–Crippen LogP) is 4.24. The van der Waals surface area contributed by atoms with Crippen LogP contribution in [0.3, 0.4) is 0 Å². The topological polar surface area (TPSA) is 12.5 Å². The predicted molar refractivity (Wildman–Crippen MR) is 80.9 cm³/mol. The second-order valence-electron chi connectivity index (χ2n) is 6.24. The Hall–Kier alpha value is -0.280. The summed E-state index contributed by atoms with van der Waals surface area (Å²) in [5.74, 6) is 0.488. The molecule has 2 rings (SSSR count). The summed E-state index contributed by atoms with van der Waals surface area (Å²) in [4.78, 5) is 2.37. The van der Waals surface area contributed by atoms with Gasteiger partial charge in [-0.25, -0.2) is 0 Å². The largest absolute Gasteiger partial charge is 0.366 e. The number of ether oxygens (including phenoxy) is 1. The van der Waals surface area contributed by atoms with Gasteiger partial charge >= 0.3 is 0 Å². The van der Waals surface area contributed by atoms with Crippen LogP contribution in [0.15, 0.2) is 18.2 Å². The van der Waals surface area contributed by atoms with E-state index in [9.17, 15) is 0 Å². The van der Waals surface area contributed by atoms with Crippen LogP contribution in [0.2, 0.25) is 10.0 Å². The highest BCUT2D eigenvalue weighted by molar-refractivity contribution is 6.34. The SMILES string of the molecule is CC(C)(C)N1COC[C@H](Cc2cc(Cl)cc(Cl)c2)C1. The summed E-state index contributed by atoms with van der Waals surface area (Å²) in [5, 5.41) is 1.40. The fourth-order valence-electron chi connectivity index (χ4n) is 2.40. The molecule has 1 aromatic carbocycles. The normalized spacial score (nSPS) is 21.6. The Morgan fingerprint density at radius 2 is 1.84 bits per heavy atom. The maximum atomic E-state index is 6.04. The van der Waals surface area contributed by atoms with Gasteiger partial charge in [-0.05, 0) is 56.9 Å². The molecule has 1 fully saturated rings. The number of hydrogen-bond donors (Lipinski definition) is 0. The number of halogens is 2. The molecule has 19 heavy (non-hydrogen) atoms. The van der Waals surface area contributed by atoms with Crippen LogP contribution < -0.4 is 0 Å². The Bertz CT molecular complexity index is 422. The van der Waals surface area contributed by atoms with Gasteiger partial charge in [0, 0.05) is 22.1 Å². The van der Waals surface area contributed by atoms with Crippen molar-refractivity contribution in [3.8, 4) is 0 Å². The Labute approximate surface area is 125 Å². The average Bonchev–Trinajstić information content (AvgIpc) is 2.26. The molecule has 0 saturated carbocycles. The van der Waals surface area contributed by atoms with Crippen molar-refractivity contribution in [1.29, 1.82) is 0 Å². The fraction of sp³-hybridized carbons (Fsp3) is 0.600. The molecular formula is C15H21Cl2NO. The lowest BCUT2D eigenvalue weighted by molar-refractivity contribution is -0.0835. The van der Waals surface area contributed by atoms with Crippen LogP contribution in [0.25, 0.3) is 0 Å². The molecule has 1 atom stereocenters. The van der Waals surface area contributed by atoms with Gasteiger partial charge in [-0.3, -0.25) is 4.90 Å². The quantitative estimate of drug-likeness (QED) is 0.810. The van der Waals surface area contributed by atoms with Crippen molar-refractivity contribution in [3.05, 3.63) is 33.8 Å². The highest BCUT2D eigenvalue weighted by Crippen LogP contribution is 2.25. The molecule has 1 aliphatic heterocycles. The monoisotopic (exact) mass is 301 g/mol. The molecule has 0 spiro atoms. The van der Waals surface area contributed by atoms with E-state index in [2.05, 4.69) is 25.7 Å². The minimum Gasteiger partial charge on any atom is -0.366 e. The van der Waals surface area contributed by atoms with E-state index in [1.54, 1.807) is 6.07 Å². The van der Waals surface area contributed by atoms with Crippen molar-refractivity contribution in [2.45, 2.75) is 32.7 Å². The van der Waals surface area contributed by atoms with Gasteiger partial charge in [-0.1, -0.05) is 23.2 Å². The first-order valence-corrected chi connectivity index (χ1v) is 7.38. The molecule has 4 heteroatoms. The van der Waals surface area contributed by atoms with Crippen molar-refractivity contribution in [1.82, 2.24) is 4.90 Å². The third kappa shape index (κ3) is 4.35. The minimum atomic E-state index is 0.143. The van der Waals surface area contributed by atoms with E-state index in [4.69, 9.17) is 27.9 Å². The Morgan fingerprint density at radius 3 is 2.42 bits per heavy atom. The zero-order valence-electron chi connectivity index (χ0n) is 11.7. The zero-order valence-corrected chi connectivity index (χ0v) is 13.3. The smallest absolute Gasteiger partial charge is 0.0994 e. The van der Waals surface area contributed by atoms with Crippen molar-refractivity contribution in [3.63, 3.8) is 0 Å². The summed E-state index contributed by atoms with van der Waals surface area (Å²) in [7, 11) is 0. The molecule has 1 saturated heterocycles.